The van der Waals surface area contributed by atoms with Gasteiger partial charge in [0.15, 0.2) is 5.16 Å². The van der Waals surface area contributed by atoms with Gasteiger partial charge < -0.3 is 19.0 Å². The molecule has 0 aliphatic rings. The maximum atomic E-state index is 10.1. The molecular formula is C17H19N3O4S. The van der Waals surface area contributed by atoms with Crippen LogP contribution in [0.25, 0.3) is 5.69 Å². The number of aliphatic hydroxyl groups is 1. The summed E-state index contributed by atoms with van der Waals surface area (Å²) in [4.78, 5) is 0. The molecule has 0 amide bonds. The molecule has 3 rings (SSSR count). The molecule has 25 heavy (non-hydrogen) atoms. The van der Waals surface area contributed by atoms with Crippen molar-refractivity contribution in [2.24, 2.45) is 0 Å². The molecule has 1 atom stereocenters. The molecular weight excluding hydrogens is 342 g/mol. The number of furan rings is 1. The van der Waals surface area contributed by atoms with E-state index in [0.29, 0.717) is 17.5 Å². The molecule has 7 nitrogen and oxygen atoms in total. The van der Waals surface area contributed by atoms with Crippen LogP contribution in [0.15, 0.2) is 58.6 Å². The number of ether oxygens (including phenoxy) is 2. The van der Waals surface area contributed by atoms with Gasteiger partial charge in [0.2, 0.25) is 0 Å². The summed E-state index contributed by atoms with van der Waals surface area (Å²) < 4.78 is 17.8. The first-order valence-electron chi connectivity index (χ1n) is 7.72. The van der Waals surface area contributed by atoms with Crippen LogP contribution in [-0.2, 0) is 11.3 Å². The summed E-state index contributed by atoms with van der Waals surface area (Å²) in [5.74, 6) is 1.90. The second-order valence-corrected chi connectivity index (χ2v) is 6.20. The molecule has 2 heterocycles. The average molecular weight is 361 g/mol. The van der Waals surface area contributed by atoms with Gasteiger partial charge >= 0.3 is 0 Å². The molecule has 2 aromatic heterocycles. The lowest BCUT2D eigenvalue weighted by Gasteiger charge is -2.12. The number of para-hydroxylation sites is 2. The summed E-state index contributed by atoms with van der Waals surface area (Å²) in [5, 5.41) is 18.8. The first-order chi connectivity index (χ1) is 12.3. The number of thioether (sulfide) groups is 1. The Hall–Kier alpha value is -2.29. The molecule has 0 radical (unpaired) electrons. The van der Waals surface area contributed by atoms with Crippen molar-refractivity contribution < 1.29 is 19.0 Å². The zero-order valence-corrected chi connectivity index (χ0v) is 14.6. The highest BCUT2D eigenvalue weighted by Crippen LogP contribution is 2.26. The molecule has 3 aromatic rings. The number of benzene rings is 1. The van der Waals surface area contributed by atoms with Gasteiger partial charge in [-0.1, -0.05) is 23.9 Å². The molecule has 0 fully saturated rings. The van der Waals surface area contributed by atoms with Crippen LogP contribution in [0.1, 0.15) is 5.76 Å². The predicted molar refractivity (Wildman–Crippen MR) is 93.0 cm³/mol. The third-order valence-corrected chi connectivity index (χ3v) is 4.49. The van der Waals surface area contributed by atoms with Gasteiger partial charge in [-0.25, -0.2) is 0 Å². The lowest BCUT2D eigenvalue weighted by atomic mass is 10.3. The van der Waals surface area contributed by atoms with Crippen molar-refractivity contribution in [1.82, 2.24) is 14.8 Å². The van der Waals surface area contributed by atoms with Crippen molar-refractivity contribution in [2.75, 3.05) is 19.5 Å². The Labute approximate surface area is 149 Å². The van der Waals surface area contributed by atoms with Gasteiger partial charge in [0.1, 0.15) is 24.4 Å². The standard InChI is InChI=1S/C17H19N3O4S/c1-22-16-7-3-2-6-15(16)20-12-18-19-17(20)25-11-13(21)9-23-10-14-5-4-8-24-14/h2-8,12-13,21H,9-11H2,1H3. The fraction of sp³-hybridized carbons (Fsp3) is 0.294. The van der Waals surface area contributed by atoms with Crippen LogP contribution in [0, 0.1) is 0 Å². The van der Waals surface area contributed by atoms with E-state index < -0.39 is 6.10 Å². The molecule has 1 unspecified atom stereocenters. The Kier molecular flexibility index (Phi) is 6.10. The van der Waals surface area contributed by atoms with Crippen LogP contribution in [0.5, 0.6) is 5.75 Å². The molecule has 1 N–H and O–H groups in total. The molecule has 0 aliphatic carbocycles. The van der Waals surface area contributed by atoms with E-state index in [1.165, 1.54) is 11.8 Å². The second-order valence-electron chi connectivity index (χ2n) is 5.21. The van der Waals surface area contributed by atoms with Gasteiger partial charge in [0, 0.05) is 5.75 Å². The van der Waals surface area contributed by atoms with E-state index in [4.69, 9.17) is 13.9 Å². The maximum Gasteiger partial charge on any atom is 0.195 e. The average Bonchev–Trinajstić information content (AvgIpc) is 3.31. The number of aliphatic hydroxyl groups excluding tert-OH is 1. The SMILES string of the molecule is COc1ccccc1-n1cnnc1SCC(O)COCc1ccco1. The molecule has 0 saturated heterocycles. The number of methoxy groups -OCH3 is 1. The predicted octanol–water partition coefficient (Wildman–Crippen LogP) is 2.54. The van der Waals surface area contributed by atoms with E-state index in [9.17, 15) is 5.11 Å². The fourth-order valence-electron chi connectivity index (χ4n) is 2.23. The third-order valence-electron chi connectivity index (χ3n) is 3.40. The number of hydrogen-bond donors (Lipinski definition) is 1. The van der Waals surface area contributed by atoms with Crippen molar-refractivity contribution in [1.29, 1.82) is 0 Å². The van der Waals surface area contributed by atoms with Gasteiger partial charge in [0.25, 0.3) is 0 Å². The highest BCUT2D eigenvalue weighted by atomic mass is 32.2. The van der Waals surface area contributed by atoms with Crippen molar-refractivity contribution in [3.8, 4) is 11.4 Å². The smallest absolute Gasteiger partial charge is 0.195 e. The van der Waals surface area contributed by atoms with Crippen molar-refractivity contribution in [2.45, 2.75) is 17.9 Å². The van der Waals surface area contributed by atoms with Gasteiger partial charge in [-0.3, -0.25) is 4.57 Å². The highest BCUT2D eigenvalue weighted by molar-refractivity contribution is 7.99. The quantitative estimate of drug-likeness (QED) is 0.586. The van der Waals surface area contributed by atoms with E-state index >= 15 is 0 Å². The van der Waals surface area contributed by atoms with Gasteiger partial charge in [-0.2, -0.15) is 0 Å². The molecule has 0 bridgehead atoms. The van der Waals surface area contributed by atoms with Crippen molar-refractivity contribution in [3.63, 3.8) is 0 Å². The minimum Gasteiger partial charge on any atom is -0.495 e. The topological polar surface area (TPSA) is 82.5 Å². The van der Waals surface area contributed by atoms with Crippen LogP contribution in [-0.4, -0.2) is 45.4 Å². The largest absolute Gasteiger partial charge is 0.495 e. The summed E-state index contributed by atoms with van der Waals surface area (Å²) in [6, 6.07) is 11.3. The molecule has 8 heteroatoms. The van der Waals surface area contributed by atoms with E-state index in [0.717, 1.165) is 17.2 Å². The summed E-state index contributed by atoms with van der Waals surface area (Å²) >= 11 is 1.40. The molecule has 1 aromatic carbocycles. The van der Waals surface area contributed by atoms with Gasteiger partial charge in [0.05, 0.1) is 31.8 Å². The molecule has 0 saturated carbocycles. The lowest BCUT2D eigenvalue weighted by Crippen LogP contribution is -2.18. The maximum absolute atomic E-state index is 10.1. The van der Waals surface area contributed by atoms with Crippen LogP contribution in [0.2, 0.25) is 0 Å². The number of nitrogens with zero attached hydrogens (tertiary/aromatic N) is 3. The fourth-order valence-corrected chi connectivity index (χ4v) is 3.05. The summed E-state index contributed by atoms with van der Waals surface area (Å²) in [6.45, 7) is 0.558. The molecule has 0 aliphatic heterocycles. The summed E-state index contributed by atoms with van der Waals surface area (Å²) in [7, 11) is 1.62. The molecule has 132 valence electrons. The zero-order chi connectivity index (χ0) is 17.5. The van der Waals surface area contributed by atoms with Crippen LogP contribution in [0.3, 0.4) is 0 Å². The Bertz CT molecular complexity index is 776. The normalized spacial score (nSPS) is 12.2. The highest BCUT2D eigenvalue weighted by Gasteiger charge is 2.13. The Morgan fingerprint density at radius 3 is 2.96 bits per heavy atom. The van der Waals surface area contributed by atoms with Crippen LogP contribution in [0.4, 0.5) is 0 Å². The van der Waals surface area contributed by atoms with Gasteiger partial charge in [-0.05, 0) is 24.3 Å². The first kappa shape index (κ1) is 17.5. The summed E-state index contributed by atoms with van der Waals surface area (Å²) in [5.41, 5.74) is 0.848. The van der Waals surface area contributed by atoms with E-state index in [2.05, 4.69) is 10.2 Å². The number of hydrogen-bond acceptors (Lipinski definition) is 7. The van der Waals surface area contributed by atoms with E-state index in [1.54, 1.807) is 25.8 Å². The Morgan fingerprint density at radius 1 is 1.28 bits per heavy atom. The van der Waals surface area contributed by atoms with E-state index in [-0.39, 0.29) is 6.61 Å². The third kappa shape index (κ3) is 4.62. The summed E-state index contributed by atoms with van der Waals surface area (Å²) in [6.07, 6.45) is 2.60. The minimum absolute atomic E-state index is 0.219. The van der Waals surface area contributed by atoms with Gasteiger partial charge in [-0.15, -0.1) is 10.2 Å². The zero-order valence-electron chi connectivity index (χ0n) is 13.7. The minimum atomic E-state index is -0.622. The number of rotatable bonds is 9. The number of aromatic nitrogens is 3. The van der Waals surface area contributed by atoms with Crippen LogP contribution < -0.4 is 4.74 Å². The first-order valence-corrected chi connectivity index (χ1v) is 8.71. The van der Waals surface area contributed by atoms with Crippen molar-refractivity contribution in [3.05, 3.63) is 54.7 Å². The lowest BCUT2D eigenvalue weighted by molar-refractivity contribution is 0.0328. The Morgan fingerprint density at radius 2 is 2.16 bits per heavy atom. The Balaban J connectivity index is 1.54. The van der Waals surface area contributed by atoms with E-state index in [1.807, 2.05) is 34.9 Å². The molecule has 0 spiro atoms. The van der Waals surface area contributed by atoms with Crippen LogP contribution >= 0.6 is 11.8 Å². The monoisotopic (exact) mass is 361 g/mol. The second kappa shape index (κ2) is 8.70. The van der Waals surface area contributed by atoms with Crippen molar-refractivity contribution >= 4 is 11.8 Å².